The first-order valence-electron chi connectivity index (χ1n) is 8.37. The summed E-state index contributed by atoms with van der Waals surface area (Å²) in [6.07, 6.45) is 0.982. The van der Waals surface area contributed by atoms with Gasteiger partial charge in [0.2, 0.25) is 0 Å². The molecular weight excluding hydrogens is 400 g/mol. The molecule has 28 heavy (non-hydrogen) atoms. The molecule has 0 aromatic carbocycles. The van der Waals surface area contributed by atoms with E-state index in [-0.39, 0.29) is 29.4 Å². The van der Waals surface area contributed by atoms with Gasteiger partial charge in [0.25, 0.3) is 0 Å². The monoisotopic (exact) mass is 416 g/mol. The van der Waals surface area contributed by atoms with Gasteiger partial charge < -0.3 is 16.2 Å². The van der Waals surface area contributed by atoms with Gasteiger partial charge in [0, 0.05) is 24.0 Å². The van der Waals surface area contributed by atoms with Crippen molar-refractivity contribution in [2.75, 3.05) is 12.3 Å². The topological polar surface area (TPSA) is 130 Å². The Morgan fingerprint density at radius 1 is 1.36 bits per heavy atom. The van der Waals surface area contributed by atoms with Gasteiger partial charge in [-0.25, -0.2) is 9.78 Å². The van der Waals surface area contributed by atoms with E-state index < -0.39 is 5.97 Å². The smallest absolute Gasteiger partial charge is 0.336 e. The van der Waals surface area contributed by atoms with Gasteiger partial charge in [0.05, 0.1) is 27.5 Å². The maximum Gasteiger partial charge on any atom is 0.336 e. The van der Waals surface area contributed by atoms with Crippen molar-refractivity contribution in [3.8, 4) is 27.9 Å². The summed E-state index contributed by atoms with van der Waals surface area (Å²) in [5, 5.41) is 28.2. The number of carboxylic acid groups (broad SMARTS) is 1. The molecule has 10 heteroatoms. The van der Waals surface area contributed by atoms with Gasteiger partial charge in [-0.05, 0) is 31.2 Å². The maximum absolute atomic E-state index is 11.1. The highest BCUT2D eigenvalue weighted by Gasteiger charge is 2.19. The zero-order valence-electron chi connectivity index (χ0n) is 14.7. The normalized spacial score (nSPS) is 13.1. The van der Waals surface area contributed by atoms with E-state index >= 15 is 0 Å². The third-order valence-corrected chi connectivity index (χ3v) is 5.38. The quantitative estimate of drug-likeness (QED) is 0.598. The molecule has 4 heterocycles. The van der Waals surface area contributed by atoms with E-state index in [1.807, 2.05) is 10.7 Å². The van der Waals surface area contributed by atoms with Crippen molar-refractivity contribution < 1.29 is 9.90 Å². The predicted octanol–water partition coefficient (Wildman–Crippen LogP) is 2.74. The Bertz CT molecular complexity index is 1060. The van der Waals surface area contributed by atoms with E-state index in [2.05, 4.69) is 21.5 Å². The predicted molar refractivity (Wildman–Crippen MR) is 108 cm³/mol. The van der Waals surface area contributed by atoms with E-state index in [0.29, 0.717) is 21.8 Å². The van der Waals surface area contributed by atoms with Crippen molar-refractivity contribution in [2.45, 2.75) is 19.5 Å². The van der Waals surface area contributed by atoms with Gasteiger partial charge in [-0.1, -0.05) is 0 Å². The summed E-state index contributed by atoms with van der Waals surface area (Å²) in [5.41, 5.74) is 9.34. The number of pyridine rings is 1. The van der Waals surface area contributed by atoms with Gasteiger partial charge >= 0.3 is 5.97 Å². The number of aryl methyl sites for hydroxylation is 1. The highest BCUT2D eigenvalue weighted by atomic mass is 35.5. The number of anilines is 1. The Morgan fingerprint density at radius 2 is 2.18 bits per heavy atom. The standard InChI is InChI=1S/C18H16N6O2S.ClH/c19-7-13-12(14-5-11-8-21-2-1-3-24(11)23-14)6-15(22-17(13)20)16-4-10(9-27-16)18(25)26;/h4-6,9,21H,1-3,8H2,(H2,20,22)(H,25,26);1H. The number of carboxylic acids is 1. The second-order valence-electron chi connectivity index (χ2n) is 6.21. The summed E-state index contributed by atoms with van der Waals surface area (Å²) in [6, 6.07) is 7.37. The minimum atomic E-state index is -0.996. The number of fused-ring (bicyclic) bond motifs is 1. The number of hydrogen-bond donors (Lipinski definition) is 3. The number of nitrogens with zero attached hydrogens (tertiary/aromatic N) is 4. The fourth-order valence-electron chi connectivity index (χ4n) is 3.09. The molecule has 4 rings (SSSR count). The van der Waals surface area contributed by atoms with Crippen LogP contribution in [0, 0.1) is 11.3 Å². The van der Waals surface area contributed by atoms with Crippen molar-refractivity contribution in [1.29, 1.82) is 5.26 Å². The van der Waals surface area contributed by atoms with Gasteiger partial charge in [-0.15, -0.1) is 23.7 Å². The Hall–Kier alpha value is -2.93. The number of nitrogens with two attached hydrogens (primary N) is 1. The molecule has 144 valence electrons. The van der Waals surface area contributed by atoms with Gasteiger partial charge in [-0.3, -0.25) is 4.68 Å². The SMILES string of the molecule is Cl.N#Cc1c(-c2cc3n(n2)CCCNC3)cc(-c2cc(C(=O)O)cs2)nc1N. The minimum absolute atomic E-state index is 0. The van der Waals surface area contributed by atoms with Crippen LogP contribution >= 0.6 is 23.7 Å². The van der Waals surface area contributed by atoms with Crippen LogP contribution in [0.3, 0.4) is 0 Å². The molecule has 0 saturated heterocycles. The number of thiophene rings is 1. The van der Waals surface area contributed by atoms with Crippen molar-refractivity contribution in [1.82, 2.24) is 20.1 Å². The van der Waals surface area contributed by atoms with E-state index in [1.165, 1.54) is 11.3 Å². The molecule has 0 radical (unpaired) electrons. The Morgan fingerprint density at radius 3 is 2.89 bits per heavy atom. The second-order valence-corrected chi connectivity index (χ2v) is 7.12. The molecular formula is C18H17ClN6O2S. The molecule has 0 bridgehead atoms. The third-order valence-electron chi connectivity index (χ3n) is 4.43. The number of halogens is 1. The number of nitrogens with one attached hydrogen (secondary N) is 1. The molecule has 3 aromatic heterocycles. The van der Waals surface area contributed by atoms with Crippen LogP contribution < -0.4 is 11.1 Å². The molecule has 0 spiro atoms. The Kier molecular flexibility index (Phi) is 5.65. The molecule has 0 aliphatic carbocycles. The highest BCUT2D eigenvalue weighted by molar-refractivity contribution is 7.13. The average Bonchev–Trinajstić information content (AvgIpc) is 3.24. The maximum atomic E-state index is 11.1. The van der Waals surface area contributed by atoms with Gasteiger partial charge in [0.1, 0.15) is 17.5 Å². The van der Waals surface area contributed by atoms with E-state index in [4.69, 9.17) is 10.8 Å². The lowest BCUT2D eigenvalue weighted by molar-refractivity contribution is 0.0697. The molecule has 0 fully saturated rings. The number of nitriles is 1. The lowest BCUT2D eigenvalue weighted by Gasteiger charge is -2.07. The molecule has 1 aliphatic rings. The Labute approximate surface area is 171 Å². The van der Waals surface area contributed by atoms with Crippen molar-refractivity contribution >= 4 is 35.5 Å². The first-order chi connectivity index (χ1) is 13.1. The second kappa shape index (κ2) is 7.98. The summed E-state index contributed by atoms with van der Waals surface area (Å²) in [5.74, 6) is -0.888. The zero-order chi connectivity index (χ0) is 19.0. The van der Waals surface area contributed by atoms with E-state index in [1.54, 1.807) is 17.5 Å². The zero-order valence-corrected chi connectivity index (χ0v) is 16.3. The molecule has 1 aliphatic heterocycles. The first kappa shape index (κ1) is 19.8. The third kappa shape index (κ3) is 3.57. The summed E-state index contributed by atoms with van der Waals surface area (Å²) in [4.78, 5) is 16.1. The molecule has 4 N–H and O–H groups in total. The average molecular weight is 417 g/mol. The lowest BCUT2D eigenvalue weighted by Crippen LogP contribution is -2.11. The van der Waals surface area contributed by atoms with Crippen LogP contribution in [0.4, 0.5) is 5.82 Å². The van der Waals surface area contributed by atoms with Crippen LogP contribution in [-0.2, 0) is 13.1 Å². The van der Waals surface area contributed by atoms with Crippen LogP contribution in [0.25, 0.3) is 21.8 Å². The number of rotatable bonds is 3. The Balaban J connectivity index is 0.00000225. The number of nitrogen functional groups attached to an aromatic ring is 1. The van der Waals surface area contributed by atoms with Gasteiger partial charge in [-0.2, -0.15) is 10.4 Å². The van der Waals surface area contributed by atoms with E-state index in [0.717, 1.165) is 31.7 Å². The van der Waals surface area contributed by atoms with Crippen molar-refractivity contribution in [2.24, 2.45) is 0 Å². The summed E-state index contributed by atoms with van der Waals surface area (Å²) < 4.78 is 1.94. The summed E-state index contributed by atoms with van der Waals surface area (Å²) >= 11 is 1.27. The summed E-state index contributed by atoms with van der Waals surface area (Å²) in [7, 11) is 0. The minimum Gasteiger partial charge on any atom is -0.478 e. The molecule has 0 unspecified atom stereocenters. The fourth-order valence-corrected chi connectivity index (χ4v) is 3.93. The van der Waals surface area contributed by atoms with Crippen molar-refractivity contribution in [3.05, 3.63) is 40.4 Å². The van der Waals surface area contributed by atoms with Crippen LogP contribution in [0.15, 0.2) is 23.6 Å². The van der Waals surface area contributed by atoms with Crippen LogP contribution in [0.1, 0.15) is 28.0 Å². The molecule has 8 nitrogen and oxygen atoms in total. The summed E-state index contributed by atoms with van der Waals surface area (Å²) in [6.45, 7) is 2.47. The van der Waals surface area contributed by atoms with Crippen LogP contribution in [0.5, 0.6) is 0 Å². The van der Waals surface area contributed by atoms with Crippen molar-refractivity contribution in [3.63, 3.8) is 0 Å². The molecule has 0 saturated carbocycles. The fraction of sp³-hybridized carbons (Fsp3) is 0.222. The van der Waals surface area contributed by atoms with Crippen LogP contribution in [-0.4, -0.2) is 32.4 Å². The molecule has 0 amide bonds. The number of aromatic carboxylic acids is 1. The first-order valence-corrected chi connectivity index (χ1v) is 9.25. The lowest BCUT2D eigenvalue weighted by atomic mass is 10.0. The number of carbonyl (C=O) groups is 1. The molecule has 3 aromatic rings. The van der Waals surface area contributed by atoms with E-state index in [9.17, 15) is 10.1 Å². The highest BCUT2D eigenvalue weighted by Crippen LogP contribution is 2.33. The van der Waals surface area contributed by atoms with Crippen LogP contribution in [0.2, 0.25) is 0 Å². The number of hydrogen-bond acceptors (Lipinski definition) is 7. The molecule has 0 atom stereocenters. The number of aromatic nitrogens is 3. The van der Waals surface area contributed by atoms with Gasteiger partial charge in [0.15, 0.2) is 0 Å². The largest absolute Gasteiger partial charge is 0.478 e.